The molecule has 24 heavy (non-hydrogen) atoms. The molecule has 0 atom stereocenters. The molecule has 3 N–H and O–H groups in total. The zero-order valence-electron chi connectivity index (χ0n) is 12.3. The van der Waals surface area contributed by atoms with Crippen molar-refractivity contribution in [1.82, 2.24) is 26.0 Å². The maximum absolute atomic E-state index is 13.0. The molecule has 0 aliphatic carbocycles. The van der Waals surface area contributed by atoms with Crippen molar-refractivity contribution >= 4 is 11.8 Å². The lowest BCUT2D eigenvalue weighted by atomic mass is 10.1. The molecule has 2 aromatic heterocycles. The monoisotopic (exact) mass is 325 g/mol. The van der Waals surface area contributed by atoms with Gasteiger partial charge in [-0.2, -0.15) is 5.10 Å². The molecule has 2 amide bonds. The van der Waals surface area contributed by atoms with E-state index >= 15 is 0 Å². The standard InChI is InChI=1S/C16H12FN5O2/c17-12-5-3-10(4-6-12)14-13(9-19-20-14)16(24)22-21-15(23)11-2-1-7-18-8-11/h1-9H,(H,19,20)(H,21,23)(H,22,24). The number of carbonyl (C=O) groups excluding carboxylic acids is 2. The largest absolute Gasteiger partial charge is 0.277 e. The topological polar surface area (TPSA) is 99.8 Å². The van der Waals surface area contributed by atoms with Gasteiger partial charge in [0, 0.05) is 18.0 Å². The Morgan fingerprint density at radius 3 is 2.46 bits per heavy atom. The number of amides is 2. The highest BCUT2D eigenvalue weighted by Gasteiger charge is 2.16. The molecule has 8 heteroatoms. The highest BCUT2D eigenvalue weighted by molar-refractivity contribution is 6.02. The molecule has 2 heterocycles. The summed E-state index contributed by atoms with van der Waals surface area (Å²) in [6.07, 6.45) is 4.24. The molecule has 0 unspecified atom stereocenters. The summed E-state index contributed by atoms with van der Waals surface area (Å²) < 4.78 is 13.0. The smallest absolute Gasteiger partial charge is 0.273 e. The van der Waals surface area contributed by atoms with Gasteiger partial charge in [-0.05, 0) is 36.4 Å². The Balaban J connectivity index is 1.71. The lowest BCUT2D eigenvalue weighted by Gasteiger charge is -2.07. The summed E-state index contributed by atoms with van der Waals surface area (Å²) in [7, 11) is 0. The fourth-order valence-electron chi connectivity index (χ4n) is 2.05. The zero-order chi connectivity index (χ0) is 16.9. The Morgan fingerprint density at radius 1 is 1.00 bits per heavy atom. The first-order valence-corrected chi connectivity index (χ1v) is 6.95. The van der Waals surface area contributed by atoms with Gasteiger partial charge < -0.3 is 0 Å². The molecule has 0 saturated heterocycles. The number of carbonyl (C=O) groups is 2. The number of H-pyrrole nitrogens is 1. The van der Waals surface area contributed by atoms with Gasteiger partial charge in [0.25, 0.3) is 11.8 Å². The minimum atomic E-state index is -0.555. The van der Waals surface area contributed by atoms with E-state index in [9.17, 15) is 14.0 Å². The van der Waals surface area contributed by atoms with Crippen LogP contribution in [0.15, 0.2) is 55.0 Å². The van der Waals surface area contributed by atoms with E-state index in [1.54, 1.807) is 12.1 Å². The molecule has 0 radical (unpaired) electrons. The molecule has 7 nitrogen and oxygen atoms in total. The quantitative estimate of drug-likeness (QED) is 0.638. The van der Waals surface area contributed by atoms with Gasteiger partial charge in [0.15, 0.2) is 0 Å². The predicted octanol–water partition coefficient (Wildman–Crippen LogP) is 1.69. The normalized spacial score (nSPS) is 10.2. The summed E-state index contributed by atoms with van der Waals surface area (Å²) in [5.41, 5.74) is 6.14. The van der Waals surface area contributed by atoms with Crippen LogP contribution in [0.5, 0.6) is 0 Å². The number of hydrogen-bond acceptors (Lipinski definition) is 4. The van der Waals surface area contributed by atoms with Crippen LogP contribution in [0.4, 0.5) is 4.39 Å². The molecule has 0 spiro atoms. The van der Waals surface area contributed by atoms with Gasteiger partial charge in [-0.3, -0.25) is 30.5 Å². The molecule has 0 aliphatic heterocycles. The predicted molar refractivity (Wildman–Crippen MR) is 83.2 cm³/mol. The van der Waals surface area contributed by atoms with E-state index in [1.165, 1.54) is 42.9 Å². The van der Waals surface area contributed by atoms with Crippen LogP contribution in [0.2, 0.25) is 0 Å². The van der Waals surface area contributed by atoms with Crippen molar-refractivity contribution in [1.29, 1.82) is 0 Å². The van der Waals surface area contributed by atoms with E-state index in [4.69, 9.17) is 0 Å². The van der Waals surface area contributed by atoms with Crippen molar-refractivity contribution in [2.45, 2.75) is 0 Å². The number of rotatable bonds is 3. The summed E-state index contributed by atoms with van der Waals surface area (Å²) in [5, 5.41) is 6.51. The second-order valence-corrected chi connectivity index (χ2v) is 4.82. The van der Waals surface area contributed by atoms with Crippen molar-refractivity contribution in [2.24, 2.45) is 0 Å². The van der Waals surface area contributed by atoms with Gasteiger partial charge in [0.05, 0.1) is 23.0 Å². The van der Waals surface area contributed by atoms with Crippen LogP contribution in [0.3, 0.4) is 0 Å². The second kappa shape index (κ2) is 6.69. The van der Waals surface area contributed by atoms with Crippen LogP contribution in [0.25, 0.3) is 11.3 Å². The van der Waals surface area contributed by atoms with Crippen LogP contribution >= 0.6 is 0 Å². The van der Waals surface area contributed by atoms with Gasteiger partial charge in [-0.15, -0.1) is 0 Å². The van der Waals surface area contributed by atoms with Crippen molar-refractivity contribution in [2.75, 3.05) is 0 Å². The Hall–Kier alpha value is -3.55. The Bertz CT molecular complexity index is 862. The van der Waals surface area contributed by atoms with Crippen LogP contribution in [0.1, 0.15) is 20.7 Å². The molecule has 0 aliphatic rings. The summed E-state index contributed by atoms with van der Waals surface area (Å²) in [5.74, 6) is -1.43. The first kappa shape index (κ1) is 15.3. The maximum Gasteiger partial charge on any atom is 0.273 e. The fraction of sp³-hybridized carbons (Fsp3) is 0. The van der Waals surface area contributed by atoms with Crippen molar-refractivity contribution in [3.63, 3.8) is 0 Å². The molecule has 120 valence electrons. The maximum atomic E-state index is 13.0. The van der Waals surface area contributed by atoms with Crippen LogP contribution < -0.4 is 10.9 Å². The first-order chi connectivity index (χ1) is 11.6. The van der Waals surface area contributed by atoms with E-state index in [2.05, 4.69) is 26.0 Å². The van der Waals surface area contributed by atoms with Crippen LogP contribution in [-0.2, 0) is 0 Å². The number of hydrogen-bond donors (Lipinski definition) is 3. The van der Waals surface area contributed by atoms with Crippen LogP contribution in [-0.4, -0.2) is 27.0 Å². The summed E-state index contributed by atoms with van der Waals surface area (Å²) >= 11 is 0. The van der Waals surface area contributed by atoms with Crippen molar-refractivity contribution in [3.05, 3.63) is 71.9 Å². The lowest BCUT2D eigenvalue weighted by Crippen LogP contribution is -2.41. The van der Waals surface area contributed by atoms with Gasteiger partial charge >= 0.3 is 0 Å². The Morgan fingerprint density at radius 2 is 1.75 bits per heavy atom. The minimum Gasteiger partial charge on any atom is -0.277 e. The van der Waals surface area contributed by atoms with Gasteiger partial charge in [-0.25, -0.2) is 4.39 Å². The van der Waals surface area contributed by atoms with E-state index < -0.39 is 11.8 Å². The SMILES string of the molecule is O=C(NNC(=O)c1cn[nH]c1-c1ccc(F)cc1)c1cccnc1. The fourth-order valence-corrected chi connectivity index (χ4v) is 2.05. The van der Waals surface area contributed by atoms with E-state index in [0.29, 0.717) is 16.8 Å². The number of benzene rings is 1. The molecular weight excluding hydrogens is 313 g/mol. The average molecular weight is 325 g/mol. The number of hydrazine groups is 1. The first-order valence-electron chi connectivity index (χ1n) is 6.95. The van der Waals surface area contributed by atoms with Gasteiger partial charge in [0.2, 0.25) is 0 Å². The minimum absolute atomic E-state index is 0.216. The third kappa shape index (κ3) is 3.27. The third-order valence-corrected chi connectivity index (χ3v) is 3.23. The summed E-state index contributed by atoms with van der Waals surface area (Å²) in [6.45, 7) is 0. The van der Waals surface area contributed by atoms with Crippen molar-refractivity contribution < 1.29 is 14.0 Å². The molecular formula is C16H12FN5O2. The number of pyridine rings is 1. The lowest BCUT2D eigenvalue weighted by molar-refractivity contribution is 0.0847. The number of aromatic amines is 1. The van der Waals surface area contributed by atoms with E-state index in [-0.39, 0.29) is 11.4 Å². The zero-order valence-corrected chi connectivity index (χ0v) is 12.3. The molecule has 0 fully saturated rings. The number of aromatic nitrogens is 3. The van der Waals surface area contributed by atoms with E-state index in [1.807, 2.05) is 0 Å². The average Bonchev–Trinajstić information content (AvgIpc) is 3.10. The van der Waals surface area contributed by atoms with Crippen LogP contribution in [0, 0.1) is 5.82 Å². The Labute approximate surface area is 135 Å². The molecule has 0 saturated carbocycles. The number of nitrogens with one attached hydrogen (secondary N) is 3. The summed E-state index contributed by atoms with van der Waals surface area (Å²) in [4.78, 5) is 27.9. The van der Waals surface area contributed by atoms with Gasteiger partial charge in [-0.1, -0.05) is 0 Å². The highest BCUT2D eigenvalue weighted by Crippen LogP contribution is 2.21. The second-order valence-electron chi connectivity index (χ2n) is 4.82. The number of nitrogens with zero attached hydrogens (tertiary/aromatic N) is 2. The van der Waals surface area contributed by atoms with E-state index in [0.717, 1.165) is 0 Å². The highest BCUT2D eigenvalue weighted by atomic mass is 19.1. The molecule has 1 aromatic carbocycles. The molecule has 0 bridgehead atoms. The number of halogens is 1. The molecule has 3 aromatic rings. The van der Waals surface area contributed by atoms with Crippen molar-refractivity contribution in [3.8, 4) is 11.3 Å². The summed E-state index contributed by atoms with van der Waals surface area (Å²) in [6, 6.07) is 8.78. The molecule has 3 rings (SSSR count). The Kier molecular flexibility index (Phi) is 4.28. The van der Waals surface area contributed by atoms with Gasteiger partial charge in [0.1, 0.15) is 5.82 Å². The third-order valence-electron chi connectivity index (χ3n) is 3.23.